The van der Waals surface area contributed by atoms with Gasteiger partial charge in [0.15, 0.2) is 18.2 Å². The number of ether oxygens (including phenoxy) is 1. The number of benzene rings is 1. The lowest BCUT2D eigenvalue weighted by molar-refractivity contribution is 0.0923. The molecule has 0 radical (unpaired) electrons. The van der Waals surface area contributed by atoms with Crippen LogP contribution in [0, 0.1) is 5.82 Å². The molecule has 2 nitrogen and oxygen atoms in total. The molecule has 0 N–H and O–H groups in total. The smallest absolute Gasteiger partial charge is 0.210 e. The van der Waals surface area contributed by atoms with Gasteiger partial charge in [0.05, 0.1) is 4.88 Å². The van der Waals surface area contributed by atoms with Gasteiger partial charge in [0, 0.05) is 4.47 Å². The van der Waals surface area contributed by atoms with Crippen LogP contribution in [0.15, 0.2) is 40.2 Å². The van der Waals surface area contributed by atoms with E-state index in [2.05, 4.69) is 15.9 Å². The van der Waals surface area contributed by atoms with Crippen molar-refractivity contribution in [1.29, 1.82) is 0 Å². The summed E-state index contributed by atoms with van der Waals surface area (Å²) in [5.74, 6) is -0.559. The molecule has 0 aliphatic rings. The van der Waals surface area contributed by atoms with Crippen molar-refractivity contribution >= 4 is 33.0 Å². The molecule has 0 fully saturated rings. The second-order valence-corrected chi connectivity index (χ2v) is 5.13. The molecule has 2 aromatic rings. The highest BCUT2D eigenvalue weighted by atomic mass is 79.9. The summed E-state index contributed by atoms with van der Waals surface area (Å²) in [6.45, 7) is -0.159. The molecule has 1 aromatic carbocycles. The van der Waals surface area contributed by atoms with Crippen molar-refractivity contribution in [1.82, 2.24) is 0 Å². The molecular weight excluding hydrogens is 307 g/mol. The molecule has 1 aromatic heterocycles. The topological polar surface area (TPSA) is 26.3 Å². The van der Waals surface area contributed by atoms with E-state index in [4.69, 9.17) is 4.74 Å². The number of hydrogen-bond donors (Lipinski definition) is 0. The van der Waals surface area contributed by atoms with E-state index in [0.29, 0.717) is 9.35 Å². The number of rotatable bonds is 4. The third-order valence-corrected chi connectivity index (χ3v) is 3.45. The molecule has 0 aliphatic carbocycles. The van der Waals surface area contributed by atoms with Crippen LogP contribution < -0.4 is 4.74 Å². The Kier molecular flexibility index (Phi) is 3.91. The fourth-order valence-electron chi connectivity index (χ4n) is 1.24. The van der Waals surface area contributed by atoms with E-state index in [1.54, 1.807) is 18.2 Å². The van der Waals surface area contributed by atoms with E-state index in [-0.39, 0.29) is 18.1 Å². The molecule has 0 atom stereocenters. The monoisotopic (exact) mass is 314 g/mol. The highest BCUT2D eigenvalue weighted by molar-refractivity contribution is 9.10. The molecule has 0 unspecified atom stereocenters. The lowest BCUT2D eigenvalue weighted by Gasteiger charge is -2.06. The summed E-state index contributed by atoms with van der Waals surface area (Å²) in [5, 5.41) is 1.81. The number of Topliss-reactive ketones (excluding diaryl/α,β-unsaturated/α-hetero) is 1. The molecule has 0 amide bonds. The van der Waals surface area contributed by atoms with E-state index in [9.17, 15) is 9.18 Å². The van der Waals surface area contributed by atoms with Gasteiger partial charge in [0.2, 0.25) is 5.78 Å². The van der Waals surface area contributed by atoms with Gasteiger partial charge in [-0.2, -0.15) is 0 Å². The van der Waals surface area contributed by atoms with E-state index < -0.39 is 5.82 Å². The Hall–Kier alpha value is -1.20. The summed E-state index contributed by atoms with van der Waals surface area (Å²) < 4.78 is 19.2. The molecule has 0 aliphatic heterocycles. The molecule has 0 bridgehead atoms. The first-order chi connectivity index (χ1) is 8.16. The lowest BCUT2D eigenvalue weighted by Crippen LogP contribution is -2.10. The molecule has 1 heterocycles. The highest BCUT2D eigenvalue weighted by Crippen LogP contribution is 2.22. The minimum Gasteiger partial charge on any atom is -0.482 e. The first-order valence-electron chi connectivity index (χ1n) is 4.81. The minimum absolute atomic E-state index is 0.0734. The number of halogens is 2. The Morgan fingerprint density at radius 3 is 2.94 bits per heavy atom. The first-order valence-corrected chi connectivity index (χ1v) is 6.48. The largest absolute Gasteiger partial charge is 0.482 e. The maximum Gasteiger partial charge on any atom is 0.210 e. The molecule has 88 valence electrons. The van der Waals surface area contributed by atoms with Gasteiger partial charge in [0.1, 0.15) is 0 Å². The van der Waals surface area contributed by atoms with Crippen LogP contribution >= 0.6 is 27.3 Å². The Morgan fingerprint density at radius 2 is 2.24 bits per heavy atom. The summed E-state index contributed by atoms with van der Waals surface area (Å²) >= 11 is 4.55. The molecular formula is C12H8BrFO2S. The standard InChI is InChI=1S/C12H8BrFO2S/c13-8-3-4-9(14)11(6-8)16-7-10(15)12-2-1-5-17-12/h1-6H,7H2. The number of carbonyl (C=O) groups is 1. The number of hydrogen-bond acceptors (Lipinski definition) is 3. The number of carbonyl (C=O) groups excluding carboxylic acids is 1. The fraction of sp³-hybridized carbons (Fsp3) is 0.0833. The van der Waals surface area contributed by atoms with Gasteiger partial charge in [-0.15, -0.1) is 11.3 Å². The number of ketones is 1. The predicted octanol–water partition coefficient (Wildman–Crippen LogP) is 3.91. The summed E-state index contributed by atoms with van der Waals surface area (Å²) in [4.78, 5) is 12.2. The van der Waals surface area contributed by atoms with Gasteiger partial charge in [0.25, 0.3) is 0 Å². The first kappa shape index (κ1) is 12.3. The maximum atomic E-state index is 13.3. The fourth-order valence-corrected chi connectivity index (χ4v) is 2.23. The SMILES string of the molecule is O=C(COc1cc(Br)ccc1F)c1cccs1. The Morgan fingerprint density at radius 1 is 1.41 bits per heavy atom. The third kappa shape index (κ3) is 3.14. The molecule has 0 saturated heterocycles. The molecule has 0 spiro atoms. The maximum absolute atomic E-state index is 13.3. The van der Waals surface area contributed by atoms with Crippen LogP contribution in [0.5, 0.6) is 5.75 Å². The summed E-state index contributed by atoms with van der Waals surface area (Å²) in [7, 11) is 0. The average Bonchev–Trinajstić information content (AvgIpc) is 2.83. The minimum atomic E-state index is -0.479. The highest BCUT2D eigenvalue weighted by Gasteiger charge is 2.10. The van der Waals surface area contributed by atoms with Crippen LogP contribution in [0.3, 0.4) is 0 Å². The van der Waals surface area contributed by atoms with Crippen molar-refractivity contribution in [3.05, 3.63) is 50.9 Å². The van der Waals surface area contributed by atoms with E-state index in [0.717, 1.165) is 0 Å². The average molecular weight is 315 g/mol. The quantitative estimate of drug-likeness (QED) is 0.800. The second-order valence-electron chi connectivity index (χ2n) is 3.26. The zero-order valence-electron chi connectivity index (χ0n) is 8.65. The van der Waals surface area contributed by atoms with Gasteiger partial charge in [-0.05, 0) is 29.6 Å². The van der Waals surface area contributed by atoms with E-state index in [1.807, 2.05) is 5.38 Å². The second kappa shape index (κ2) is 5.42. The summed E-state index contributed by atoms with van der Waals surface area (Å²) in [6, 6.07) is 7.86. The van der Waals surface area contributed by atoms with E-state index >= 15 is 0 Å². The zero-order chi connectivity index (χ0) is 12.3. The third-order valence-electron chi connectivity index (χ3n) is 2.05. The molecule has 2 rings (SSSR count). The van der Waals surface area contributed by atoms with Gasteiger partial charge in [-0.1, -0.05) is 22.0 Å². The Bertz CT molecular complexity index is 525. The van der Waals surface area contributed by atoms with Crippen molar-refractivity contribution in [2.24, 2.45) is 0 Å². The van der Waals surface area contributed by atoms with E-state index in [1.165, 1.54) is 23.5 Å². The van der Waals surface area contributed by atoms with Gasteiger partial charge in [-0.25, -0.2) is 4.39 Å². The normalized spacial score (nSPS) is 10.2. The van der Waals surface area contributed by atoms with Crippen molar-refractivity contribution in [3.63, 3.8) is 0 Å². The summed E-state index contributed by atoms with van der Waals surface area (Å²) in [5.41, 5.74) is 0. The van der Waals surface area contributed by atoms with Gasteiger partial charge < -0.3 is 4.74 Å². The Labute approximate surface area is 110 Å². The van der Waals surface area contributed by atoms with Crippen LogP contribution in [-0.4, -0.2) is 12.4 Å². The predicted molar refractivity (Wildman–Crippen MR) is 68.2 cm³/mol. The van der Waals surface area contributed by atoms with Crippen LogP contribution in [0.2, 0.25) is 0 Å². The zero-order valence-corrected chi connectivity index (χ0v) is 11.1. The molecule has 0 saturated carbocycles. The van der Waals surface area contributed by atoms with Crippen molar-refractivity contribution < 1.29 is 13.9 Å². The molecule has 5 heteroatoms. The van der Waals surface area contributed by atoms with Crippen LogP contribution in [0.25, 0.3) is 0 Å². The van der Waals surface area contributed by atoms with Crippen molar-refractivity contribution in [2.45, 2.75) is 0 Å². The number of thiophene rings is 1. The van der Waals surface area contributed by atoms with Crippen molar-refractivity contribution in [2.75, 3.05) is 6.61 Å². The Balaban J connectivity index is 2.03. The lowest BCUT2D eigenvalue weighted by atomic mass is 10.3. The van der Waals surface area contributed by atoms with Gasteiger partial charge >= 0.3 is 0 Å². The van der Waals surface area contributed by atoms with Crippen molar-refractivity contribution in [3.8, 4) is 5.75 Å². The molecule has 17 heavy (non-hydrogen) atoms. The van der Waals surface area contributed by atoms with Crippen LogP contribution in [-0.2, 0) is 0 Å². The van der Waals surface area contributed by atoms with Crippen LogP contribution in [0.1, 0.15) is 9.67 Å². The summed E-state index contributed by atoms with van der Waals surface area (Å²) in [6.07, 6.45) is 0. The van der Waals surface area contributed by atoms with Crippen LogP contribution in [0.4, 0.5) is 4.39 Å². The van der Waals surface area contributed by atoms with Gasteiger partial charge in [-0.3, -0.25) is 4.79 Å².